The van der Waals surface area contributed by atoms with E-state index >= 15 is 0 Å². The summed E-state index contributed by atoms with van der Waals surface area (Å²) in [4.78, 5) is 14.7. The lowest BCUT2D eigenvalue weighted by Crippen LogP contribution is -2.49. The summed E-state index contributed by atoms with van der Waals surface area (Å²) in [7, 11) is 1.40. The average molecular weight is 482 g/mol. The molecule has 1 fully saturated rings. The minimum atomic E-state index is -0.491. The number of halogens is 1. The summed E-state index contributed by atoms with van der Waals surface area (Å²) in [6.45, 7) is 5.94. The molecule has 0 bridgehead atoms. The first-order valence-corrected chi connectivity index (χ1v) is 12.5. The Balaban J connectivity index is 1.55. The van der Waals surface area contributed by atoms with Gasteiger partial charge in [-0.3, -0.25) is 0 Å². The normalized spacial score (nSPS) is 26.4. The molecule has 2 aromatic rings. The second kappa shape index (κ2) is 9.27. The monoisotopic (exact) mass is 481 g/mol. The van der Waals surface area contributed by atoms with Gasteiger partial charge < -0.3 is 19.5 Å². The maximum absolute atomic E-state index is 12.3. The number of benzene rings is 2. The van der Waals surface area contributed by atoms with E-state index in [1.54, 1.807) is 12.1 Å². The van der Waals surface area contributed by atoms with Crippen molar-refractivity contribution in [2.24, 2.45) is 11.8 Å². The largest absolute Gasteiger partial charge is 0.490 e. The van der Waals surface area contributed by atoms with Gasteiger partial charge in [-0.2, -0.15) is 0 Å². The van der Waals surface area contributed by atoms with Crippen LogP contribution >= 0.6 is 11.6 Å². The molecular formula is C28H32ClNO4. The number of hydrogen-bond donors (Lipinski definition) is 1. The molecule has 6 heteroatoms. The van der Waals surface area contributed by atoms with Gasteiger partial charge in [0.15, 0.2) is 0 Å². The van der Waals surface area contributed by atoms with Crippen molar-refractivity contribution in [3.63, 3.8) is 0 Å². The zero-order chi connectivity index (χ0) is 23.9. The van der Waals surface area contributed by atoms with Gasteiger partial charge in [0.2, 0.25) is 0 Å². The van der Waals surface area contributed by atoms with E-state index in [-0.39, 0.29) is 17.3 Å². The maximum atomic E-state index is 12.3. The van der Waals surface area contributed by atoms with Crippen LogP contribution in [0.3, 0.4) is 0 Å². The molecule has 2 aromatic carbocycles. The molecule has 0 amide bonds. The molecular weight excluding hydrogens is 450 g/mol. The molecule has 34 heavy (non-hydrogen) atoms. The Hall–Kier alpha value is -2.50. The molecule has 180 valence electrons. The summed E-state index contributed by atoms with van der Waals surface area (Å²) in [6, 6.07) is 11.8. The minimum Gasteiger partial charge on any atom is -0.490 e. The van der Waals surface area contributed by atoms with Crippen molar-refractivity contribution >= 4 is 23.3 Å². The molecule has 0 saturated heterocycles. The van der Waals surface area contributed by atoms with E-state index in [0.717, 1.165) is 61.7 Å². The number of anilines is 1. The van der Waals surface area contributed by atoms with Gasteiger partial charge in [0.05, 0.1) is 31.1 Å². The molecule has 2 aliphatic carbocycles. The Kier molecular flexibility index (Phi) is 6.34. The number of nitrogens with zero attached hydrogens (tertiary/aromatic N) is 1. The van der Waals surface area contributed by atoms with Gasteiger partial charge in [-0.15, -0.1) is 6.58 Å². The third-order valence-electron chi connectivity index (χ3n) is 8.07. The van der Waals surface area contributed by atoms with Crippen LogP contribution in [0.4, 0.5) is 5.69 Å². The molecule has 1 N–H and O–H groups in total. The van der Waals surface area contributed by atoms with Gasteiger partial charge in [0, 0.05) is 23.5 Å². The summed E-state index contributed by atoms with van der Waals surface area (Å²) in [5.41, 5.74) is 3.87. The van der Waals surface area contributed by atoms with Crippen molar-refractivity contribution in [2.45, 2.75) is 43.6 Å². The van der Waals surface area contributed by atoms with Crippen molar-refractivity contribution < 1.29 is 19.4 Å². The van der Waals surface area contributed by atoms with Gasteiger partial charge in [0.1, 0.15) is 5.75 Å². The molecule has 5 rings (SSSR count). The number of carbonyl (C=O) groups is 1. The fourth-order valence-corrected chi connectivity index (χ4v) is 6.28. The molecule has 3 aliphatic rings. The average Bonchev–Trinajstić information content (AvgIpc) is 2.98. The van der Waals surface area contributed by atoms with Crippen LogP contribution in [0.2, 0.25) is 5.02 Å². The van der Waals surface area contributed by atoms with E-state index in [0.29, 0.717) is 18.1 Å². The van der Waals surface area contributed by atoms with E-state index in [1.165, 1.54) is 18.2 Å². The summed E-state index contributed by atoms with van der Waals surface area (Å²) in [5.74, 6) is 0.988. The summed E-state index contributed by atoms with van der Waals surface area (Å²) in [6.07, 6.45) is 6.35. The molecule has 1 aliphatic heterocycles. The first-order chi connectivity index (χ1) is 16.4. The fourth-order valence-electron chi connectivity index (χ4n) is 6.09. The molecule has 1 saturated carbocycles. The number of ether oxygens (including phenoxy) is 2. The van der Waals surface area contributed by atoms with Crippen molar-refractivity contribution in [1.82, 2.24) is 0 Å². The lowest BCUT2D eigenvalue weighted by Gasteiger charge is -2.45. The molecule has 4 atom stereocenters. The summed E-state index contributed by atoms with van der Waals surface area (Å²) in [5, 5.41) is 11.2. The van der Waals surface area contributed by atoms with Crippen LogP contribution in [0, 0.1) is 11.8 Å². The van der Waals surface area contributed by atoms with Crippen LogP contribution in [0.1, 0.15) is 47.2 Å². The number of aliphatic hydroxyl groups is 1. The van der Waals surface area contributed by atoms with Crippen molar-refractivity contribution in [3.05, 3.63) is 70.8 Å². The van der Waals surface area contributed by atoms with Gasteiger partial charge >= 0.3 is 5.97 Å². The molecule has 1 unspecified atom stereocenters. The third-order valence-corrected chi connectivity index (χ3v) is 8.30. The predicted octanol–water partition coefficient (Wildman–Crippen LogP) is 5.17. The number of hydrogen-bond acceptors (Lipinski definition) is 5. The predicted molar refractivity (Wildman–Crippen MR) is 134 cm³/mol. The lowest BCUT2D eigenvalue weighted by atomic mass is 9.68. The van der Waals surface area contributed by atoms with E-state index in [1.807, 2.05) is 18.2 Å². The van der Waals surface area contributed by atoms with Crippen LogP contribution in [0.5, 0.6) is 5.75 Å². The van der Waals surface area contributed by atoms with Crippen LogP contribution in [-0.2, 0) is 16.6 Å². The van der Waals surface area contributed by atoms with E-state index < -0.39 is 6.10 Å². The maximum Gasteiger partial charge on any atom is 0.337 e. The molecule has 5 nitrogen and oxygen atoms in total. The third kappa shape index (κ3) is 4.09. The van der Waals surface area contributed by atoms with E-state index in [4.69, 9.17) is 21.1 Å². The zero-order valence-electron chi connectivity index (χ0n) is 19.6. The highest BCUT2D eigenvalue weighted by molar-refractivity contribution is 6.30. The Bertz CT molecular complexity index is 1100. The lowest BCUT2D eigenvalue weighted by molar-refractivity contribution is 0.0460. The second-order valence-corrected chi connectivity index (χ2v) is 10.4. The fraction of sp³-hybridized carbons (Fsp3) is 0.464. The molecule has 1 heterocycles. The Morgan fingerprint density at radius 1 is 1.35 bits per heavy atom. The quantitative estimate of drug-likeness (QED) is 0.471. The van der Waals surface area contributed by atoms with Crippen molar-refractivity contribution in [1.29, 1.82) is 0 Å². The molecule has 0 radical (unpaired) electrons. The summed E-state index contributed by atoms with van der Waals surface area (Å²) >= 11 is 6.34. The van der Waals surface area contributed by atoms with Gasteiger partial charge in [-0.1, -0.05) is 23.7 Å². The van der Waals surface area contributed by atoms with Crippen LogP contribution in [-0.4, -0.2) is 44.0 Å². The van der Waals surface area contributed by atoms with Crippen LogP contribution in [0.25, 0.3) is 0 Å². The number of methoxy groups -OCH3 is 1. The van der Waals surface area contributed by atoms with Gasteiger partial charge in [-0.25, -0.2) is 4.79 Å². The van der Waals surface area contributed by atoms with E-state index in [9.17, 15) is 9.90 Å². The Labute approximate surface area is 206 Å². The van der Waals surface area contributed by atoms with Gasteiger partial charge in [0.25, 0.3) is 0 Å². The van der Waals surface area contributed by atoms with E-state index in [2.05, 4.69) is 23.6 Å². The topological polar surface area (TPSA) is 59.0 Å². The SMILES string of the molecule is C=C[C@H](O)[C@@H]1CC[C@H]1CN1CC2(CCCc3cc(Cl)ccc32)COc2ccc(C(=O)OC)cc21. The first-order valence-electron chi connectivity index (χ1n) is 12.1. The molecule has 1 spiro atoms. The number of aryl methyl sites for hydroxylation is 1. The number of carbonyl (C=O) groups excluding carboxylic acids is 1. The second-order valence-electron chi connectivity index (χ2n) is 10.0. The number of fused-ring (bicyclic) bond motifs is 3. The van der Waals surface area contributed by atoms with Crippen molar-refractivity contribution in [3.8, 4) is 5.75 Å². The highest BCUT2D eigenvalue weighted by Gasteiger charge is 2.44. The van der Waals surface area contributed by atoms with Crippen LogP contribution in [0.15, 0.2) is 49.1 Å². The number of aliphatic hydroxyl groups excluding tert-OH is 1. The Morgan fingerprint density at radius 2 is 2.21 bits per heavy atom. The summed E-state index contributed by atoms with van der Waals surface area (Å²) < 4.78 is 11.4. The highest BCUT2D eigenvalue weighted by atomic mass is 35.5. The zero-order valence-corrected chi connectivity index (χ0v) is 20.4. The van der Waals surface area contributed by atoms with Crippen molar-refractivity contribution in [2.75, 3.05) is 31.7 Å². The number of esters is 1. The van der Waals surface area contributed by atoms with Gasteiger partial charge in [-0.05, 0) is 85.4 Å². The van der Waals surface area contributed by atoms with Crippen LogP contribution < -0.4 is 9.64 Å². The first kappa shape index (κ1) is 23.3. The highest BCUT2D eigenvalue weighted by Crippen LogP contribution is 2.46. The number of rotatable bonds is 5. The molecule has 0 aromatic heterocycles. The standard InChI is InChI=1S/C28H32ClNO4/c1-3-25(31)22-9-6-20(22)15-30-16-28(12-4-5-18-13-21(29)8-10-23(18)28)17-34-26-11-7-19(14-24(26)30)27(32)33-2/h3,7-8,10-11,13-14,20,22,25,31H,1,4-6,9,12,15-17H2,2H3/t20-,22+,25-,28?/m0/s1. The minimum absolute atomic E-state index is 0.168. The smallest absolute Gasteiger partial charge is 0.337 e. The Morgan fingerprint density at radius 3 is 2.94 bits per heavy atom.